The molecule has 0 radical (unpaired) electrons. The molecule has 0 amide bonds. The molecule has 0 saturated heterocycles. The fourth-order valence-corrected chi connectivity index (χ4v) is 1.39. The van der Waals surface area contributed by atoms with Gasteiger partial charge in [-0.3, -0.25) is 0 Å². The van der Waals surface area contributed by atoms with Gasteiger partial charge in [0.05, 0.1) is 0 Å². The van der Waals surface area contributed by atoms with E-state index in [-0.39, 0.29) is 0 Å². The molecule has 1 aliphatic carbocycles. The SMILES string of the molecule is CNC1C(NC)C1NC. The van der Waals surface area contributed by atoms with Crippen molar-refractivity contribution in [3.8, 4) is 0 Å². The van der Waals surface area contributed by atoms with E-state index in [1.165, 1.54) is 0 Å². The van der Waals surface area contributed by atoms with Gasteiger partial charge in [0.25, 0.3) is 0 Å². The minimum atomic E-state index is 0.625. The third-order valence-electron chi connectivity index (χ3n) is 2.02. The number of rotatable bonds is 3. The van der Waals surface area contributed by atoms with Crippen molar-refractivity contribution in [1.29, 1.82) is 0 Å². The van der Waals surface area contributed by atoms with Crippen LogP contribution < -0.4 is 16.0 Å². The minimum absolute atomic E-state index is 0.625. The number of nitrogens with one attached hydrogen (secondary N) is 3. The molecule has 0 aromatic rings. The molecular formula is C6H15N3. The molecule has 1 aliphatic rings. The van der Waals surface area contributed by atoms with Crippen molar-refractivity contribution in [2.24, 2.45) is 0 Å². The van der Waals surface area contributed by atoms with Crippen LogP contribution in [0.25, 0.3) is 0 Å². The first-order valence-electron chi connectivity index (χ1n) is 3.37. The summed E-state index contributed by atoms with van der Waals surface area (Å²) >= 11 is 0. The predicted octanol–water partition coefficient (Wildman–Crippen LogP) is -1.24. The number of likely N-dealkylation sites (N-methyl/N-ethyl adjacent to an activating group) is 3. The Labute approximate surface area is 56.2 Å². The van der Waals surface area contributed by atoms with Gasteiger partial charge in [0.2, 0.25) is 0 Å². The Morgan fingerprint density at radius 3 is 1.00 bits per heavy atom. The van der Waals surface area contributed by atoms with Crippen molar-refractivity contribution in [3.63, 3.8) is 0 Å². The topological polar surface area (TPSA) is 36.1 Å². The monoisotopic (exact) mass is 129 g/mol. The zero-order valence-corrected chi connectivity index (χ0v) is 6.23. The molecule has 0 atom stereocenters. The summed E-state index contributed by atoms with van der Waals surface area (Å²) in [6.45, 7) is 0. The van der Waals surface area contributed by atoms with Crippen molar-refractivity contribution in [2.45, 2.75) is 18.1 Å². The van der Waals surface area contributed by atoms with E-state index >= 15 is 0 Å². The quantitative estimate of drug-likeness (QED) is 0.446. The second kappa shape index (κ2) is 2.64. The number of hydrogen-bond donors (Lipinski definition) is 3. The van der Waals surface area contributed by atoms with E-state index in [1.54, 1.807) is 0 Å². The fourth-order valence-electron chi connectivity index (χ4n) is 1.39. The number of hydrogen-bond acceptors (Lipinski definition) is 3. The summed E-state index contributed by atoms with van der Waals surface area (Å²) in [6, 6.07) is 1.87. The molecular weight excluding hydrogens is 114 g/mol. The Bertz CT molecular complexity index is 69.3. The molecule has 0 aliphatic heterocycles. The normalized spacial score (nSPS) is 41.0. The summed E-state index contributed by atoms with van der Waals surface area (Å²) in [5.74, 6) is 0. The molecule has 1 saturated carbocycles. The Hall–Kier alpha value is -0.120. The van der Waals surface area contributed by atoms with E-state index in [9.17, 15) is 0 Å². The lowest BCUT2D eigenvalue weighted by Crippen LogP contribution is -2.21. The summed E-state index contributed by atoms with van der Waals surface area (Å²) < 4.78 is 0. The maximum atomic E-state index is 3.22. The molecule has 9 heavy (non-hydrogen) atoms. The third-order valence-corrected chi connectivity index (χ3v) is 2.02. The fraction of sp³-hybridized carbons (Fsp3) is 1.00. The van der Waals surface area contributed by atoms with Crippen LogP contribution in [0, 0.1) is 0 Å². The molecule has 0 aromatic heterocycles. The van der Waals surface area contributed by atoms with Crippen LogP contribution in [0.4, 0.5) is 0 Å². The zero-order valence-electron chi connectivity index (χ0n) is 6.23. The van der Waals surface area contributed by atoms with Crippen LogP contribution in [0.5, 0.6) is 0 Å². The van der Waals surface area contributed by atoms with Gasteiger partial charge in [-0.1, -0.05) is 0 Å². The Morgan fingerprint density at radius 2 is 0.889 bits per heavy atom. The average molecular weight is 129 g/mol. The lowest BCUT2D eigenvalue weighted by Gasteiger charge is -1.90. The summed E-state index contributed by atoms with van der Waals surface area (Å²) in [4.78, 5) is 0. The molecule has 3 nitrogen and oxygen atoms in total. The second-order valence-corrected chi connectivity index (χ2v) is 2.44. The van der Waals surface area contributed by atoms with Crippen LogP contribution in [0.15, 0.2) is 0 Å². The molecule has 1 rings (SSSR count). The molecule has 0 heterocycles. The highest BCUT2D eigenvalue weighted by Crippen LogP contribution is 2.20. The lowest BCUT2D eigenvalue weighted by molar-refractivity contribution is 0.708. The molecule has 1 fully saturated rings. The van der Waals surface area contributed by atoms with Crippen molar-refractivity contribution in [1.82, 2.24) is 16.0 Å². The molecule has 0 aromatic carbocycles. The molecule has 3 N–H and O–H groups in total. The van der Waals surface area contributed by atoms with Gasteiger partial charge >= 0.3 is 0 Å². The highest BCUT2D eigenvalue weighted by molar-refractivity contribution is 5.13. The molecule has 0 spiro atoms. The summed E-state index contributed by atoms with van der Waals surface area (Å²) in [5.41, 5.74) is 0. The van der Waals surface area contributed by atoms with Gasteiger partial charge < -0.3 is 16.0 Å². The Kier molecular flexibility index (Phi) is 2.05. The van der Waals surface area contributed by atoms with Gasteiger partial charge in [0, 0.05) is 18.1 Å². The van der Waals surface area contributed by atoms with Gasteiger partial charge in [-0.2, -0.15) is 0 Å². The largest absolute Gasteiger partial charge is 0.314 e. The molecule has 0 bridgehead atoms. The van der Waals surface area contributed by atoms with Crippen molar-refractivity contribution < 1.29 is 0 Å². The van der Waals surface area contributed by atoms with E-state index in [0.717, 1.165) is 0 Å². The van der Waals surface area contributed by atoms with E-state index in [1.807, 2.05) is 21.1 Å². The Balaban J connectivity index is 2.26. The van der Waals surface area contributed by atoms with E-state index < -0.39 is 0 Å². The first-order valence-corrected chi connectivity index (χ1v) is 3.37. The molecule has 3 heteroatoms. The smallest absolute Gasteiger partial charge is 0.0404 e. The zero-order chi connectivity index (χ0) is 6.85. The van der Waals surface area contributed by atoms with Crippen LogP contribution >= 0.6 is 0 Å². The third kappa shape index (κ3) is 1.08. The summed E-state index contributed by atoms with van der Waals surface area (Å²) in [7, 11) is 5.98. The van der Waals surface area contributed by atoms with Crippen LogP contribution in [0.1, 0.15) is 0 Å². The highest BCUT2D eigenvalue weighted by Gasteiger charge is 2.46. The van der Waals surface area contributed by atoms with Gasteiger partial charge in [-0.25, -0.2) is 0 Å². The van der Waals surface area contributed by atoms with E-state index in [0.29, 0.717) is 18.1 Å². The van der Waals surface area contributed by atoms with Crippen molar-refractivity contribution in [2.75, 3.05) is 21.1 Å². The lowest BCUT2D eigenvalue weighted by atomic mass is 10.6. The van der Waals surface area contributed by atoms with Crippen LogP contribution in [-0.4, -0.2) is 39.3 Å². The second-order valence-electron chi connectivity index (χ2n) is 2.44. The van der Waals surface area contributed by atoms with Crippen molar-refractivity contribution in [3.05, 3.63) is 0 Å². The van der Waals surface area contributed by atoms with Gasteiger partial charge in [0.15, 0.2) is 0 Å². The highest BCUT2D eigenvalue weighted by atomic mass is 15.2. The molecule has 0 unspecified atom stereocenters. The predicted molar refractivity (Wildman–Crippen MR) is 38.5 cm³/mol. The van der Waals surface area contributed by atoms with E-state index in [2.05, 4.69) is 16.0 Å². The van der Waals surface area contributed by atoms with Crippen LogP contribution in [0.2, 0.25) is 0 Å². The first-order chi connectivity index (χ1) is 4.35. The van der Waals surface area contributed by atoms with E-state index in [4.69, 9.17) is 0 Å². The average Bonchev–Trinajstić information content (AvgIpc) is 2.59. The summed E-state index contributed by atoms with van der Waals surface area (Å²) in [6.07, 6.45) is 0. The maximum Gasteiger partial charge on any atom is 0.0404 e. The standard InChI is InChI=1S/C6H15N3/c1-7-4-5(8-2)6(4)9-3/h4-9H,1-3H3. The van der Waals surface area contributed by atoms with Gasteiger partial charge in [-0.05, 0) is 21.1 Å². The van der Waals surface area contributed by atoms with Crippen molar-refractivity contribution >= 4 is 0 Å². The minimum Gasteiger partial charge on any atom is -0.314 e. The summed E-state index contributed by atoms with van der Waals surface area (Å²) in [5, 5.41) is 9.65. The van der Waals surface area contributed by atoms with Gasteiger partial charge in [-0.15, -0.1) is 0 Å². The van der Waals surface area contributed by atoms with Crippen LogP contribution in [0.3, 0.4) is 0 Å². The van der Waals surface area contributed by atoms with Crippen LogP contribution in [-0.2, 0) is 0 Å². The molecule has 54 valence electrons. The first kappa shape index (κ1) is 6.99. The van der Waals surface area contributed by atoms with Gasteiger partial charge in [0.1, 0.15) is 0 Å². The Morgan fingerprint density at radius 1 is 0.667 bits per heavy atom. The maximum absolute atomic E-state index is 3.22.